The second kappa shape index (κ2) is 5.12. The number of aliphatic hydroxyl groups is 1. The van der Waals surface area contributed by atoms with Crippen molar-refractivity contribution in [1.82, 2.24) is 9.97 Å². The second-order valence-corrected chi connectivity index (χ2v) is 4.25. The van der Waals surface area contributed by atoms with Crippen LogP contribution in [0.25, 0.3) is 0 Å². The summed E-state index contributed by atoms with van der Waals surface area (Å²) in [4.78, 5) is 8.09. The molecule has 0 aromatic carbocycles. The fourth-order valence-electron chi connectivity index (χ4n) is 1.45. The van der Waals surface area contributed by atoms with Gasteiger partial charge in [0.25, 0.3) is 0 Å². The maximum Gasteiger partial charge on any atom is 0.134 e. The first-order valence-electron chi connectivity index (χ1n) is 5.48. The summed E-state index contributed by atoms with van der Waals surface area (Å²) in [6.07, 6.45) is 3.02. The molecule has 16 heavy (non-hydrogen) atoms. The van der Waals surface area contributed by atoms with Gasteiger partial charge in [0, 0.05) is 17.7 Å². The van der Waals surface area contributed by atoms with Gasteiger partial charge >= 0.3 is 0 Å². The molecular weight excluding hydrogens is 204 g/mol. The average molecular weight is 224 g/mol. The van der Waals surface area contributed by atoms with Gasteiger partial charge in [-0.05, 0) is 26.7 Å². The number of aliphatic hydroxyl groups excluding tert-OH is 1. The molecule has 1 aromatic rings. The number of anilines is 2. The van der Waals surface area contributed by atoms with Gasteiger partial charge in [-0.25, -0.2) is 9.97 Å². The van der Waals surface area contributed by atoms with E-state index in [1.165, 1.54) is 6.33 Å². The van der Waals surface area contributed by atoms with Gasteiger partial charge in [0.05, 0.1) is 0 Å². The van der Waals surface area contributed by atoms with Crippen molar-refractivity contribution < 1.29 is 5.11 Å². The number of nitrogens with two attached hydrogens (primary N) is 1. The predicted molar refractivity (Wildman–Crippen MR) is 65.2 cm³/mol. The summed E-state index contributed by atoms with van der Waals surface area (Å²) in [5.74, 6) is 1.23. The smallest absolute Gasteiger partial charge is 0.134 e. The summed E-state index contributed by atoms with van der Waals surface area (Å²) < 4.78 is 0. The van der Waals surface area contributed by atoms with E-state index in [9.17, 15) is 0 Å². The van der Waals surface area contributed by atoms with Gasteiger partial charge in [-0.1, -0.05) is 6.92 Å². The van der Waals surface area contributed by atoms with Crippen LogP contribution in [0.2, 0.25) is 0 Å². The van der Waals surface area contributed by atoms with Crippen molar-refractivity contribution in [3.05, 3.63) is 11.9 Å². The molecule has 1 aromatic heterocycles. The highest BCUT2D eigenvalue weighted by Gasteiger charge is 2.22. The summed E-state index contributed by atoms with van der Waals surface area (Å²) in [6, 6.07) is 0. The molecular formula is C11H20N4O. The molecule has 1 unspecified atom stereocenters. The zero-order valence-electron chi connectivity index (χ0n) is 10.1. The lowest BCUT2D eigenvalue weighted by Crippen LogP contribution is -2.35. The van der Waals surface area contributed by atoms with Gasteiger partial charge in [-0.2, -0.15) is 0 Å². The fraction of sp³-hybridized carbons (Fsp3) is 0.636. The first-order chi connectivity index (χ1) is 7.52. The van der Waals surface area contributed by atoms with E-state index < -0.39 is 0 Å². The van der Waals surface area contributed by atoms with Gasteiger partial charge in [0.1, 0.15) is 18.0 Å². The van der Waals surface area contributed by atoms with Gasteiger partial charge < -0.3 is 16.2 Å². The van der Waals surface area contributed by atoms with Crippen LogP contribution in [0.3, 0.4) is 0 Å². The number of rotatable bonds is 5. The van der Waals surface area contributed by atoms with Crippen molar-refractivity contribution in [1.29, 1.82) is 0 Å². The molecule has 90 valence electrons. The van der Waals surface area contributed by atoms with Crippen LogP contribution >= 0.6 is 0 Å². The molecule has 0 fully saturated rings. The standard InChI is InChI=1S/C11H20N4O/c1-4-11(3,5-6-16)15-10-8(2)9(12)13-7-14-10/h7,16H,4-6H2,1-3H3,(H3,12,13,14,15). The Bertz CT molecular complexity index is 356. The molecule has 0 aliphatic carbocycles. The second-order valence-electron chi connectivity index (χ2n) is 4.25. The van der Waals surface area contributed by atoms with Crippen LogP contribution in [0.5, 0.6) is 0 Å². The topological polar surface area (TPSA) is 84.1 Å². The molecule has 0 aliphatic heterocycles. The molecule has 0 saturated heterocycles. The van der Waals surface area contributed by atoms with E-state index in [4.69, 9.17) is 10.8 Å². The van der Waals surface area contributed by atoms with Crippen LogP contribution in [-0.4, -0.2) is 27.2 Å². The van der Waals surface area contributed by atoms with E-state index in [1.807, 2.05) is 6.92 Å². The molecule has 0 bridgehead atoms. The molecule has 0 amide bonds. The van der Waals surface area contributed by atoms with Crippen molar-refractivity contribution in [3.8, 4) is 0 Å². The Morgan fingerprint density at radius 3 is 2.75 bits per heavy atom. The van der Waals surface area contributed by atoms with Gasteiger partial charge in [-0.3, -0.25) is 0 Å². The minimum atomic E-state index is -0.166. The Labute approximate surface area is 96.1 Å². The van der Waals surface area contributed by atoms with Crippen molar-refractivity contribution >= 4 is 11.6 Å². The fourth-order valence-corrected chi connectivity index (χ4v) is 1.45. The predicted octanol–water partition coefficient (Wildman–Crippen LogP) is 1.33. The van der Waals surface area contributed by atoms with E-state index in [0.29, 0.717) is 12.2 Å². The van der Waals surface area contributed by atoms with E-state index in [-0.39, 0.29) is 12.1 Å². The molecule has 1 rings (SSSR count). The van der Waals surface area contributed by atoms with E-state index in [1.54, 1.807) is 0 Å². The lowest BCUT2D eigenvalue weighted by Gasteiger charge is -2.30. The Morgan fingerprint density at radius 1 is 1.50 bits per heavy atom. The lowest BCUT2D eigenvalue weighted by molar-refractivity contribution is 0.251. The first-order valence-corrected chi connectivity index (χ1v) is 5.48. The maximum absolute atomic E-state index is 9.04. The first kappa shape index (κ1) is 12.7. The van der Waals surface area contributed by atoms with E-state index in [2.05, 4.69) is 29.1 Å². The van der Waals surface area contributed by atoms with E-state index in [0.717, 1.165) is 17.8 Å². The van der Waals surface area contributed by atoms with Gasteiger partial charge in [0.15, 0.2) is 0 Å². The third-order valence-corrected chi connectivity index (χ3v) is 2.99. The Kier molecular flexibility index (Phi) is 4.06. The molecule has 4 N–H and O–H groups in total. The highest BCUT2D eigenvalue weighted by Crippen LogP contribution is 2.23. The summed E-state index contributed by atoms with van der Waals surface area (Å²) in [5, 5.41) is 12.4. The monoisotopic (exact) mass is 224 g/mol. The van der Waals surface area contributed by atoms with Crippen molar-refractivity contribution in [2.45, 2.75) is 39.2 Å². The maximum atomic E-state index is 9.04. The Morgan fingerprint density at radius 2 is 2.19 bits per heavy atom. The molecule has 0 spiro atoms. The largest absolute Gasteiger partial charge is 0.396 e. The summed E-state index contributed by atoms with van der Waals surface area (Å²) in [5.41, 5.74) is 6.40. The molecule has 0 radical (unpaired) electrons. The molecule has 5 heteroatoms. The number of aromatic nitrogens is 2. The lowest BCUT2D eigenvalue weighted by atomic mass is 9.95. The molecule has 1 atom stereocenters. The summed E-state index contributed by atoms with van der Waals surface area (Å²) in [7, 11) is 0. The Balaban J connectivity index is 2.90. The quantitative estimate of drug-likeness (QED) is 0.702. The minimum Gasteiger partial charge on any atom is -0.396 e. The highest BCUT2D eigenvalue weighted by molar-refractivity contribution is 5.54. The van der Waals surface area contributed by atoms with Crippen molar-refractivity contribution in [2.24, 2.45) is 0 Å². The number of nitrogen functional groups attached to an aromatic ring is 1. The van der Waals surface area contributed by atoms with Gasteiger partial charge in [-0.15, -0.1) is 0 Å². The van der Waals surface area contributed by atoms with Crippen molar-refractivity contribution in [2.75, 3.05) is 17.7 Å². The normalized spacial score (nSPS) is 14.5. The number of hydrogen-bond acceptors (Lipinski definition) is 5. The zero-order chi connectivity index (χ0) is 12.2. The van der Waals surface area contributed by atoms with Gasteiger partial charge in [0.2, 0.25) is 0 Å². The molecule has 1 heterocycles. The third kappa shape index (κ3) is 2.82. The zero-order valence-corrected chi connectivity index (χ0v) is 10.1. The number of hydrogen-bond donors (Lipinski definition) is 3. The third-order valence-electron chi connectivity index (χ3n) is 2.99. The van der Waals surface area contributed by atoms with Crippen LogP contribution in [0.15, 0.2) is 6.33 Å². The molecule has 5 nitrogen and oxygen atoms in total. The van der Waals surface area contributed by atoms with Crippen LogP contribution < -0.4 is 11.1 Å². The van der Waals surface area contributed by atoms with Crippen LogP contribution in [-0.2, 0) is 0 Å². The molecule has 0 saturated carbocycles. The van der Waals surface area contributed by atoms with Crippen molar-refractivity contribution in [3.63, 3.8) is 0 Å². The Hall–Kier alpha value is -1.36. The van der Waals surface area contributed by atoms with E-state index >= 15 is 0 Å². The van der Waals surface area contributed by atoms with Crippen LogP contribution in [0.4, 0.5) is 11.6 Å². The van der Waals surface area contributed by atoms with Crippen LogP contribution in [0.1, 0.15) is 32.3 Å². The minimum absolute atomic E-state index is 0.150. The average Bonchev–Trinajstić information content (AvgIpc) is 2.25. The van der Waals surface area contributed by atoms with Crippen LogP contribution in [0, 0.1) is 6.92 Å². The summed E-state index contributed by atoms with van der Waals surface area (Å²) in [6.45, 7) is 6.16. The summed E-state index contributed by atoms with van der Waals surface area (Å²) >= 11 is 0. The molecule has 0 aliphatic rings. The number of nitrogens with one attached hydrogen (secondary N) is 1. The highest BCUT2D eigenvalue weighted by atomic mass is 16.3. The SMILES string of the molecule is CCC(C)(CCO)Nc1ncnc(N)c1C. The number of nitrogens with zero attached hydrogens (tertiary/aromatic N) is 2.